The number of fused-ring (bicyclic) bond motifs is 1. The molecule has 0 radical (unpaired) electrons. The van der Waals surface area contributed by atoms with Crippen LogP contribution in [0.3, 0.4) is 0 Å². The SMILES string of the molecule is Fc1ccccc1C1CC(c2ccc[nH]2)=Nc2ccccc2S1. The van der Waals surface area contributed by atoms with Crippen LogP contribution >= 0.6 is 11.8 Å². The topological polar surface area (TPSA) is 28.1 Å². The zero-order valence-electron chi connectivity index (χ0n) is 12.4. The van der Waals surface area contributed by atoms with Gasteiger partial charge in [-0.2, -0.15) is 0 Å². The molecule has 23 heavy (non-hydrogen) atoms. The molecule has 1 aliphatic rings. The molecule has 114 valence electrons. The second-order valence-electron chi connectivity index (χ2n) is 5.44. The van der Waals surface area contributed by atoms with Gasteiger partial charge < -0.3 is 4.98 Å². The molecule has 0 saturated carbocycles. The smallest absolute Gasteiger partial charge is 0.127 e. The first-order valence-electron chi connectivity index (χ1n) is 7.53. The summed E-state index contributed by atoms with van der Waals surface area (Å²) in [6, 6.07) is 19.0. The summed E-state index contributed by atoms with van der Waals surface area (Å²) in [7, 11) is 0. The highest BCUT2D eigenvalue weighted by molar-refractivity contribution is 7.99. The number of nitrogens with zero attached hydrogens (tertiary/aromatic N) is 1. The Morgan fingerprint density at radius 3 is 2.65 bits per heavy atom. The lowest BCUT2D eigenvalue weighted by molar-refractivity contribution is 0.609. The number of halogens is 1. The van der Waals surface area contributed by atoms with Crippen molar-refractivity contribution in [2.45, 2.75) is 16.6 Å². The second-order valence-corrected chi connectivity index (χ2v) is 6.69. The van der Waals surface area contributed by atoms with Gasteiger partial charge in [-0.3, -0.25) is 4.99 Å². The van der Waals surface area contributed by atoms with Crippen molar-refractivity contribution in [2.75, 3.05) is 0 Å². The van der Waals surface area contributed by atoms with E-state index in [4.69, 9.17) is 4.99 Å². The van der Waals surface area contributed by atoms with Gasteiger partial charge in [-0.1, -0.05) is 30.3 Å². The summed E-state index contributed by atoms with van der Waals surface area (Å²) in [5.74, 6) is -0.157. The lowest BCUT2D eigenvalue weighted by Gasteiger charge is -2.16. The minimum Gasteiger partial charge on any atom is -0.360 e. The molecule has 1 unspecified atom stereocenters. The fourth-order valence-electron chi connectivity index (χ4n) is 2.80. The first-order chi connectivity index (χ1) is 11.3. The van der Waals surface area contributed by atoms with Crippen molar-refractivity contribution in [3.05, 3.63) is 83.9 Å². The first kappa shape index (κ1) is 14.3. The molecule has 0 amide bonds. The fraction of sp³-hybridized carbons (Fsp3) is 0.105. The van der Waals surface area contributed by atoms with E-state index in [9.17, 15) is 4.39 Å². The molecule has 3 aromatic rings. The van der Waals surface area contributed by atoms with E-state index in [2.05, 4.69) is 11.1 Å². The molecule has 1 N–H and O–H groups in total. The Bertz CT molecular complexity index is 855. The maximum Gasteiger partial charge on any atom is 0.127 e. The predicted octanol–water partition coefficient (Wildman–Crippen LogP) is 5.51. The van der Waals surface area contributed by atoms with Crippen LogP contribution in [0, 0.1) is 5.82 Å². The quantitative estimate of drug-likeness (QED) is 0.662. The number of hydrogen-bond donors (Lipinski definition) is 1. The van der Waals surface area contributed by atoms with E-state index < -0.39 is 0 Å². The maximum atomic E-state index is 14.3. The van der Waals surface area contributed by atoms with Crippen molar-refractivity contribution in [1.29, 1.82) is 0 Å². The molecular weight excluding hydrogens is 307 g/mol. The van der Waals surface area contributed by atoms with Crippen LogP contribution in [-0.4, -0.2) is 10.7 Å². The van der Waals surface area contributed by atoms with Gasteiger partial charge in [-0.15, -0.1) is 11.8 Å². The minimum atomic E-state index is -0.157. The standard InChI is InChI=1S/C19H15FN2S/c20-14-7-2-1-6-13(14)19-12-17(15-9-5-11-21-15)22-16-8-3-4-10-18(16)23-19/h1-11,19,21H,12H2. The number of nitrogens with one attached hydrogen (secondary N) is 1. The number of aromatic amines is 1. The molecule has 1 aromatic heterocycles. The molecular formula is C19H15FN2S. The third-order valence-corrected chi connectivity index (χ3v) is 5.23. The van der Waals surface area contributed by atoms with Gasteiger partial charge in [0, 0.05) is 28.3 Å². The Morgan fingerprint density at radius 1 is 1.00 bits per heavy atom. The monoisotopic (exact) mass is 322 g/mol. The van der Waals surface area contributed by atoms with Gasteiger partial charge in [-0.05, 0) is 30.3 Å². The number of thioether (sulfide) groups is 1. The van der Waals surface area contributed by atoms with E-state index >= 15 is 0 Å². The van der Waals surface area contributed by atoms with Gasteiger partial charge >= 0.3 is 0 Å². The van der Waals surface area contributed by atoms with Crippen molar-refractivity contribution in [3.63, 3.8) is 0 Å². The van der Waals surface area contributed by atoms with Gasteiger partial charge in [0.05, 0.1) is 17.1 Å². The number of H-pyrrole nitrogens is 1. The maximum absolute atomic E-state index is 14.3. The molecule has 2 heterocycles. The predicted molar refractivity (Wildman–Crippen MR) is 93.0 cm³/mol. The molecule has 0 bridgehead atoms. The lowest BCUT2D eigenvalue weighted by Crippen LogP contribution is -2.07. The van der Waals surface area contributed by atoms with Crippen molar-refractivity contribution in [1.82, 2.24) is 4.98 Å². The van der Waals surface area contributed by atoms with Gasteiger partial charge in [0.2, 0.25) is 0 Å². The molecule has 4 rings (SSSR count). The van der Waals surface area contributed by atoms with Crippen molar-refractivity contribution < 1.29 is 4.39 Å². The van der Waals surface area contributed by atoms with E-state index in [1.165, 1.54) is 6.07 Å². The molecule has 1 aliphatic heterocycles. The average molecular weight is 322 g/mol. The normalized spacial score (nSPS) is 17.3. The van der Waals surface area contributed by atoms with Crippen LogP contribution in [0.4, 0.5) is 10.1 Å². The Labute approximate surface area is 138 Å². The highest BCUT2D eigenvalue weighted by Crippen LogP contribution is 2.45. The molecule has 0 saturated heterocycles. The Kier molecular flexibility index (Phi) is 3.75. The molecule has 0 aliphatic carbocycles. The first-order valence-corrected chi connectivity index (χ1v) is 8.40. The highest BCUT2D eigenvalue weighted by atomic mass is 32.2. The summed E-state index contributed by atoms with van der Waals surface area (Å²) >= 11 is 1.68. The summed E-state index contributed by atoms with van der Waals surface area (Å²) in [6.45, 7) is 0. The Hall–Kier alpha value is -2.33. The average Bonchev–Trinajstić information content (AvgIpc) is 3.03. The van der Waals surface area contributed by atoms with E-state index in [1.807, 2.05) is 48.7 Å². The fourth-order valence-corrected chi connectivity index (χ4v) is 4.06. The van der Waals surface area contributed by atoms with Crippen LogP contribution in [0.2, 0.25) is 0 Å². The molecule has 0 spiro atoms. The van der Waals surface area contributed by atoms with Crippen molar-refractivity contribution in [2.24, 2.45) is 4.99 Å². The van der Waals surface area contributed by atoms with Crippen molar-refractivity contribution in [3.8, 4) is 0 Å². The summed E-state index contributed by atoms with van der Waals surface area (Å²) in [5, 5.41) is 0.00176. The van der Waals surface area contributed by atoms with Gasteiger partial charge in [0.25, 0.3) is 0 Å². The van der Waals surface area contributed by atoms with Crippen LogP contribution in [0.5, 0.6) is 0 Å². The number of rotatable bonds is 2. The van der Waals surface area contributed by atoms with Crippen LogP contribution < -0.4 is 0 Å². The van der Waals surface area contributed by atoms with Crippen LogP contribution in [0.1, 0.15) is 22.9 Å². The van der Waals surface area contributed by atoms with Gasteiger partial charge in [0.1, 0.15) is 5.82 Å². The summed E-state index contributed by atoms with van der Waals surface area (Å²) in [6.07, 6.45) is 2.57. The van der Waals surface area contributed by atoms with Crippen molar-refractivity contribution >= 4 is 23.2 Å². The molecule has 2 aromatic carbocycles. The molecule has 0 fully saturated rings. The number of para-hydroxylation sites is 1. The largest absolute Gasteiger partial charge is 0.360 e. The third kappa shape index (κ3) is 2.82. The molecule has 2 nitrogen and oxygen atoms in total. The number of aliphatic imine (C=N–C) groups is 1. The van der Waals surface area contributed by atoms with Crippen LogP contribution in [0.15, 0.2) is 76.7 Å². The van der Waals surface area contributed by atoms with E-state index in [0.29, 0.717) is 6.42 Å². The molecule has 4 heteroatoms. The van der Waals surface area contributed by atoms with Gasteiger partial charge in [0.15, 0.2) is 0 Å². The zero-order chi connectivity index (χ0) is 15.6. The second kappa shape index (κ2) is 6.05. The summed E-state index contributed by atoms with van der Waals surface area (Å²) < 4.78 is 14.3. The Balaban J connectivity index is 1.82. The Morgan fingerprint density at radius 2 is 1.83 bits per heavy atom. The van der Waals surface area contributed by atoms with Crippen LogP contribution in [0.25, 0.3) is 0 Å². The summed E-state index contributed by atoms with van der Waals surface area (Å²) in [4.78, 5) is 9.13. The van der Waals surface area contributed by atoms with E-state index in [0.717, 1.165) is 27.6 Å². The zero-order valence-corrected chi connectivity index (χ0v) is 13.2. The van der Waals surface area contributed by atoms with E-state index in [-0.39, 0.29) is 11.1 Å². The van der Waals surface area contributed by atoms with E-state index in [1.54, 1.807) is 17.8 Å². The number of aromatic nitrogens is 1. The number of hydrogen-bond acceptors (Lipinski definition) is 2. The molecule has 1 atom stereocenters. The highest BCUT2D eigenvalue weighted by Gasteiger charge is 2.24. The van der Waals surface area contributed by atoms with Crippen LogP contribution in [-0.2, 0) is 0 Å². The number of benzene rings is 2. The lowest BCUT2D eigenvalue weighted by atomic mass is 10.0. The summed E-state index contributed by atoms with van der Waals surface area (Å²) in [5.41, 5.74) is 3.62. The third-order valence-electron chi connectivity index (χ3n) is 3.93. The minimum absolute atomic E-state index is 0.00176. The van der Waals surface area contributed by atoms with Gasteiger partial charge in [-0.25, -0.2) is 4.39 Å².